The van der Waals surface area contributed by atoms with Crippen molar-refractivity contribution in [1.29, 1.82) is 0 Å². The van der Waals surface area contributed by atoms with Gasteiger partial charge in [-0.1, -0.05) is 6.07 Å². The Kier molecular flexibility index (Phi) is 5.39. The first-order chi connectivity index (χ1) is 13.5. The Hall–Kier alpha value is -3.29. The SMILES string of the molecule is COC(=O)[C@H]1C(=O)c2occc2[C@@H](c2ccc(OC)c(OC)c2)[C@@H]1C(=O)OC. The van der Waals surface area contributed by atoms with Gasteiger partial charge in [-0.2, -0.15) is 0 Å². The fourth-order valence-corrected chi connectivity index (χ4v) is 3.68. The van der Waals surface area contributed by atoms with Crippen molar-refractivity contribution in [3.63, 3.8) is 0 Å². The van der Waals surface area contributed by atoms with Crippen LogP contribution in [-0.4, -0.2) is 46.2 Å². The van der Waals surface area contributed by atoms with Crippen molar-refractivity contribution in [2.75, 3.05) is 28.4 Å². The third-order valence-corrected chi connectivity index (χ3v) is 4.95. The van der Waals surface area contributed by atoms with Crippen molar-refractivity contribution >= 4 is 17.7 Å². The van der Waals surface area contributed by atoms with Gasteiger partial charge in [-0.15, -0.1) is 0 Å². The Bertz CT molecular complexity index is 913. The van der Waals surface area contributed by atoms with Crippen molar-refractivity contribution in [2.45, 2.75) is 5.92 Å². The number of furan rings is 1. The number of methoxy groups -OCH3 is 4. The summed E-state index contributed by atoms with van der Waals surface area (Å²) < 4.78 is 25.7. The Balaban J connectivity index is 2.24. The van der Waals surface area contributed by atoms with Gasteiger partial charge in [-0.3, -0.25) is 14.4 Å². The number of hydrogen-bond acceptors (Lipinski definition) is 8. The number of hydrogen-bond donors (Lipinski definition) is 0. The maximum absolute atomic E-state index is 12.9. The lowest BCUT2D eigenvalue weighted by atomic mass is 9.68. The number of ketones is 1. The molecule has 2 aromatic rings. The van der Waals surface area contributed by atoms with Crippen LogP contribution in [-0.2, 0) is 19.1 Å². The second-order valence-electron chi connectivity index (χ2n) is 6.21. The molecule has 0 fully saturated rings. The molecule has 148 valence electrons. The zero-order valence-electron chi connectivity index (χ0n) is 15.9. The zero-order valence-corrected chi connectivity index (χ0v) is 15.9. The van der Waals surface area contributed by atoms with E-state index < -0.39 is 35.5 Å². The molecular formula is C20H20O8. The summed E-state index contributed by atoms with van der Waals surface area (Å²) in [6, 6.07) is 6.73. The molecule has 8 heteroatoms. The van der Waals surface area contributed by atoms with E-state index in [1.165, 1.54) is 27.6 Å². The fraction of sp³-hybridized carbons (Fsp3) is 0.350. The van der Waals surface area contributed by atoms with E-state index in [2.05, 4.69) is 0 Å². The standard InChI is InChI=1S/C20H20O8/c1-24-12-6-5-10(9-13(12)25-2)14-11-7-8-28-18(11)17(21)16(20(23)27-4)15(14)19(22)26-3/h5-9,14-16H,1-4H3/t14-,15+,16-/m1/s1. The van der Waals surface area contributed by atoms with Crippen LogP contribution in [0, 0.1) is 11.8 Å². The predicted molar refractivity (Wildman–Crippen MR) is 95.4 cm³/mol. The van der Waals surface area contributed by atoms with Gasteiger partial charge in [0.25, 0.3) is 0 Å². The molecule has 0 saturated carbocycles. The zero-order chi connectivity index (χ0) is 20.4. The Morgan fingerprint density at radius 1 is 0.929 bits per heavy atom. The van der Waals surface area contributed by atoms with Crippen molar-refractivity contribution < 1.29 is 37.7 Å². The number of Topliss-reactive ketones (excluding diaryl/α,β-unsaturated/α-hetero) is 1. The largest absolute Gasteiger partial charge is 0.493 e. The van der Waals surface area contributed by atoms with Crippen molar-refractivity contribution in [3.05, 3.63) is 47.4 Å². The molecule has 0 spiro atoms. The highest BCUT2D eigenvalue weighted by Crippen LogP contribution is 2.46. The second-order valence-corrected chi connectivity index (χ2v) is 6.21. The maximum atomic E-state index is 12.9. The molecule has 0 unspecified atom stereocenters. The van der Waals surface area contributed by atoms with Crippen LogP contribution >= 0.6 is 0 Å². The van der Waals surface area contributed by atoms with E-state index in [4.69, 9.17) is 23.4 Å². The van der Waals surface area contributed by atoms with E-state index in [0.717, 1.165) is 7.11 Å². The van der Waals surface area contributed by atoms with Gasteiger partial charge in [-0.25, -0.2) is 0 Å². The van der Waals surface area contributed by atoms with Crippen LogP contribution in [0.25, 0.3) is 0 Å². The highest BCUT2D eigenvalue weighted by molar-refractivity contribution is 6.12. The lowest BCUT2D eigenvalue weighted by Gasteiger charge is -2.33. The molecule has 8 nitrogen and oxygen atoms in total. The van der Waals surface area contributed by atoms with Crippen LogP contribution in [0.1, 0.15) is 27.6 Å². The summed E-state index contributed by atoms with van der Waals surface area (Å²) in [7, 11) is 5.37. The molecule has 1 aliphatic carbocycles. The number of ether oxygens (including phenoxy) is 4. The first-order valence-electron chi connectivity index (χ1n) is 8.47. The van der Waals surface area contributed by atoms with Crippen LogP contribution in [0.4, 0.5) is 0 Å². The number of benzene rings is 1. The Morgan fingerprint density at radius 3 is 2.21 bits per heavy atom. The van der Waals surface area contributed by atoms with Gasteiger partial charge in [0, 0.05) is 11.5 Å². The molecule has 0 saturated heterocycles. The number of carbonyl (C=O) groups is 3. The molecule has 3 rings (SSSR count). The van der Waals surface area contributed by atoms with E-state index in [9.17, 15) is 14.4 Å². The van der Waals surface area contributed by atoms with Crippen molar-refractivity contribution in [3.8, 4) is 11.5 Å². The average molecular weight is 388 g/mol. The Morgan fingerprint density at radius 2 is 1.61 bits per heavy atom. The fourth-order valence-electron chi connectivity index (χ4n) is 3.68. The Labute approximate surface area is 161 Å². The van der Waals surface area contributed by atoms with Crippen LogP contribution in [0.2, 0.25) is 0 Å². The first-order valence-corrected chi connectivity index (χ1v) is 8.47. The lowest BCUT2D eigenvalue weighted by Crippen LogP contribution is -2.44. The molecule has 28 heavy (non-hydrogen) atoms. The molecule has 3 atom stereocenters. The van der Waals surface area contributed by atoms with E-state index in [-0.39, 0.29) is 5.76 Å². The van der Waals surface area contributed by atoms with Crippen LogP contribution in [0.5, 0.6) is 11.5 Å². The summed E-state index contributed by atoms with van der Waals surface area (Å²) in [5.41, 5.74) is 1.13. The van der Waals surface area contributed by atoms with Gasteiger partial charge in [-0.05, 0) is 23.8 Å². The summed E-state index contributed by atoms with van der Waals surface area (Å²) in [6.45, 7) is 0. The minimum Gasteiger partial charge on any atom is -0.493 e. The highest BCUT2D eigenvalue weighted by Gasteiger charge is 2.52. The van der Waals surface area contributed by atoms with Gasteiger partial charge in [0.15, 0.2) is 17.3 Å². The summed E-state index contributed by atoms with van der Waals surface area (Å²) in [5, 5.41) is 0. The molecule has 1 aromatic carbocycles. The molecular weight excluding hydrogens is 368 g/mol. The molecule has 0 aliphatic heterocycles. The van der Waals surface area contributed by atoms with Crippen molar-refractivity contribution in [2.24, 2.45) is 11.8 Å². The predicted octanol–water partition coefficient (Wildman–Crippen LogP) is 2.20. The summed E-state index contributed by atoms with van der Waals surface area (Å²) in [4.78, 5) is 37.9. The van der Waals surface area contributed by atoms with Crippen molar-refractivity contribution in [1.82, 2.24) is 0 Å². The van der Waals surface area contributed by atoms with E-state index in [1.54, 1.807) is 24.3 Å². The molecule has 0 N–H and O–H groups in total. The third-order valence-electron chi connectivity index (χ3n) is 4.95. The molecule has 1 aromatic heterocycles. The second kappa shape index (κ2) is 7.75. The number of carbonyl (C=O) groups excluding carboxylic acids is 3. The quantitative estimate of drug-likeness (QED) is 0.568. The number of esters is 2. The number of fused-ring (bicyclic) bond motifs is 1. The summed E-state index contributed by atoms with van der Waals surface area (Å²) in [6.07, 6.45) is 1.35. The van der Waals surface area contributed by atoms with E-state index in [0.29, 0.717) is 22.6 Å². The van der Waals surface area contributed by atoms with Crippen LogP contribution < -0.4 is 9.47 Å². The van der Waals surface area contributed by atoms with Gasteiger partial charge in [0.05, 0.1) is 40.6 Å². The van der Waals surface area contributed by atoms with Crippen LogP contribution in [0.15, 0.2) is 34.9 Å². The normalized spacial score (nSPS) is 20.9. The van der Waals surface area contributed by atoms with Gasteiger partial charge in [0.2, 0.25) is 5.78 Å². The van der Waals surface area contributed by atoms with E-state index in [1.807, 2.05) is 0 Å². The minimum atomic E-state index is -1.38. The minimum absolute atomic E-state index is 0.0235. The van der Waals surface area contributed by atoms with Gasteiger partial charge >= 0.3 is 11.9 Å². The number of rotatable bonds is 5. The molecule has 0 radical (unpaired) electrons. The first kappa shape index (κ1) is 19.5. The summed E-state index contributed by atoms with van der Waals surface area (Å²) in [5.74, 6) is -4.34. The molecule has 1 aliphatic rings. The summed E-state index contributed by atoms with van der Waals surface area (Å²) >= 11 is 0. The lowest BCUT2D eigenvalue weighted by molar-refractivity contribution is -0.156. The molecule has 1 heterocycles. The van der Waals surface area contributed by atoms with E-state index >= 15 is 0 Å². The van der Waals surface area contributed by atoms with Gasteiger partial charge < -0.3 is 23.4 Å². The molecule has 0 bridgehead atoms. The monoisotopic (exact) mass is 388 g/mol. The average Bonchev–Trinajstić information content (AvgIpc) is 3.22. The smallest absolute Gasteiger partial charge is 0.317 e. The van der Waals surface area contributed by atoms with Crippen LogP contribution in [0.3, 0.4) is 0 Å². The maximum Gasteiger partial charge on any atom is 0.317 e. The van der Waals surface area contributed by atoms with Gasteiger partial charge in [0.1, 0.15) is 5.92 Å². The molecule has 0 amide bonds. The topological polar surface area (TPSA) is 101 Å². The third kappa shape index (κ3) is 3.00. The highest BCUT2D eigenvalue weighted by atomic mass is 16.5.